The Hall–Kier alpha value is -1.60. The molecule has 0 radical (unpaired) electrons. The molecule has 0 fully saturated rings. The summed E-state index contributed by atoms with van der Waals surface area (Å²) >= 11 is 0. The first-order valence-corrected chi connectivity index (χ1v) is 7.58. The first kappa shape index (κ1) is 14.8. The van der Waals surface area contributed by atoms with E-state index in [1.54, 1.807) is 0 Å². The van der Waals surface area contributed by atoms with Crippen LogP contribution in [0.15, 0.2) is 54.6 Å². The maximum absolute atomic E-state index is 3.78. The van der Waals surface area contributed by atoms with Crippen molar-refractivity contribution in [2.24, 2.45) is 0 Å². The van der Waals surface area contributed by atoms with Crippen LogP contribution in [0, 0.1) is 6.92 Å². The highest BCUT2D eigenvalue weighted by Crippen LogP contribution is 2.23. The molecule has 1 nitrogen and oxygen atoms in total. The molecule has 106 valence electrons. The van der Waals surface area contributed by atoms with E-state index in [1.807, 2.05) is 0 Å². The highest BCUT2D eigenvalue weighted by molar-refractivity contribution is 5.26. The molecule has 2 rings (SSSR count). The standard InChI is InChI=1S/C19H25N/c1-4-9-19(17-11-6-5-7-12-17)20-16(3)18-13-8-10-15(2)14-18/h5-8,10-14,16,19-20H,4,9H2,1-3H3/t16-,19?/m1/s1. The number of hydrogen-bond acceptors (Lipinski definition) is 1. The second kappa shape index (κ2) is 7.25. The summed E-state index contributed by atoms with van der Waals surface area (Å²) in [5.41, 5.74) is 4.07. The molecule has 0 aliphatic carbocycles. The topological polar surface area (TPSA) is 12.0 Å². The van der Waals surface area contributed by atoms with Gasteiger partial charge < -0.3 is 5.32 Å². The largest absolute Gasteiger partial charge is 0.303 e. The maximum Gasteiger partial charge on any atom is 0.0325 e. The van der Waals surface area contributed by atoms with Crippen molar-refractivity contribution < 1.29 is 0 Å². The highest BCUT2D eigenvalue weighted by Gasteiger charge is 2.14. The summed E-state index contributed by atoms with van der Waals surface area (Å²) in [6.07, 6.45) is 2.35. The summed E-state index contributed by atoms with van der Waals surface area (Å²) in [6.45, 7) is 6.65. The quantitative estimate of drug-likeness (QED) is 0.759. The van der Waals surface area contributed by atoms with Crippen LogP contribution in [0.25, 0.3) is 0 Å². The van der Waals surface area contributed by atoms with Crippen molar-refractivity contribution in [3.63, 3.8) is 0 Å². The minimum Gasteiger partial charge on any atom is -0.303 e. The fraction of sp³-hybridized carbons (Fsp3) is 0.368. The minimum atomic E-state index is 0.367. The SMILES string of the molecule is CCCC(N[C@H](C)c1cccc(C)c1)c1ccccc1. The summed E-state index contributed by atoms with van der Waals surface area (Å²) in [5.74, 6) is 0. The molecule has 0 heterocycles. The third-order valence-electron chi connectivity index (χ3n) is 3.77. The predicted octanol–water partition coefficient (Wildman–Crippen LogP) is 5.19. The predicted molar refractivity (Wildman–Crippen MR) is 86.8 cm³/mol. The first-order valence-electron chi connectivity index (χ1n) is 7.58. The summed E-state index contributed by atoms with van der Waals surface area (Å²) in [4.78, 5) is 0. The summed E-state index contributed by atoms with van der Waals surface area (Å²) in [5, 5.41) is 3.78. The van der Waals surface area contributed by atoms with Crippen molar-refractivity contribution in [1.82, 2.24) is 5.32 Å². The van der Waals surface area contributed by atoms with E-state index in [9.17, 15) is 0 Å². The van der Waals surface area contributed by atoms with Crippen molar-refractivity contribution in [3.05, 3.63) is 71.3 Å². The van der Waals surface area contributed by atoms with Gasteiger partial charge in [-0.05, 0) is 31.4 Å². The Kier molecular flexibility index (Phi) is 5.37. The third-order valence-corrected chi connectivity index (χ3v) is 3.77. The Balaban J connectivity index is 2.12. The number of benzene rings is 2. The van der Waals surface area contributed by atoms with Gasteiger partial charge in [0.2, 0.25) is 0 Å². The zero-order valence-corrected chi connectivity index (χ0v) is 12.8. The van der Waals surface area contributed by atoms with E-state index < -0.39 is 0 Å². The van der Waals surface area contributed by atoms with Crippen molar-refractivity contribution in [3.8, 4) is 0 Å². The number of nitrogens with one attached hydrogen (secondary N) is 1. The molecule has 0 aliphatic rings. The van der Waals surface area contributed by atoms with E-state index in [1.165, 1.54) is 29.5 Å². The van der Waals surface area contributed by atoms with Crippen LogP contribution in [0.1, 0.15) is 55.5 Å². The molecule has 1 unspecified atom stereocenters. The average molecular weight is 267 g/mol. The summed E-state index contributed by atoms with van der Waals surface area (Å²) in [6, 6.07) is 20.3. The second-order valence-corrected chi connectivity index (χ2v) is 5.55. The molecule has 0 aromatic heterocycles. The van der Waals surface area contributed by atoms with Crippen molar-refractivity contribution in [2.75, 3.05) is 0 Å². The van der Waals surface area contributed by atoms with Crippen LogP contribution in [-0.2, 0) is 0 Å². The minimum absolute atomic E-state index is 0.367. The van der Waals surface area contributed by atoms with Crippen molar-refractivity contribution in [1.29, 1.82) is 0 Å². The van der Waals surface area contributed by atoms with Gasteiger partial charge in [0.1, 0.15) is 0 Å². The molecule has 1 heteroatoms. The van der Waals surface area contributed by atoms with Gasteiger partial charge in [0.05, 0.1) is 0 Å². The molecule has 0 saturated carbocycles. The van der Waals surface area contributed by atoms with Crippen molar-refractivity contribution in [2.45, 2.75) is 45.7 Å². The van der Waals surface area contributed by atoms with E-state index in [0.717, 1.165) is 0 Å². The number of rotatable bonds is 6. The molecule has 0 bridgehead atoms. The smallest absolute Gasteiger partial charge is 0.0325 e. The van der Waals surface area contributed by atoms with Gasteiger partial charge in [-0.2, -0.15) is 0 Å². The fourth-order valence-corrected chi connectivity index (χ4v) is 2.66. The van der Waals surface area contributed by atoms with Gasteiger partial charge in [0.15, 0.2) is 0 Å². The Morgan fingerprint density at radius 2 is 1.65 bits per heavy atom. The lowest BCUT2D eigenvalue weighted by Crippen LogP contribution is -2.24. The Morgan fingerprint density at radius 3 is 2.30 bits per heavy atom. The highest BCUT2D eigenvalue weighted by atomic mass is 14.9. The van der Waals surface area contributed by atoms with Gasteiger partial charge in [-0.25, -0.2) is 0 Å². The Labute approximate surface area is 123 Å². The van der Waals surface area contributed by atoms with E-state index in [2.05, 4.69) is 80.7 Å². The molecular weight excluding hydrogens is 242 g/mol. The van der Waals surface area contributed by atoms with Crippen LogP contribution in [-0.4, -0.2) is 0 Å². The lowest BCUT2D eigenvalue weighted by atomic mass is 9.99. The van der Waals surface area contributed by atoms with Crippen LogP contribution in [0.5, 0.6) is 0 Å². The van der Waals surface area contributed by atoms with Crippen LogP contribution in [0.3, 0.4) is 0 Å². The Morgan fingerprint density at radius 1 is 0.950 bits per heavy atom. The zero-order valence-electron chi connectivity index (χ0n) is 12.8. The number of aryl methyl sites for hydroxylation is 1. The van der Waals surface area contributed by atoms with Gasteiger partial charge in [0.25, 0.3) is 0 Å². The van der Waals surface area contributed by atoms with Gasteiger partial charge in [0, 0.05) is 12.1 Å². The molecule has 0 spiro atoms. The van der Waals surface area contributed by atoms with E-state index in [-0.39, 0.29) is 0 Å². The Bertz CT molecular complexity index is 518. The van der Waals surface area contributed by atoms with E-state index >= 15 is 0 Å². The summed E-state index contributed by atoms with van der Waals surface area (Å²) in [7, 11) is 0. The van der Waals surface area contributed by atoms with Crippen molar-refractivity contribution >= 4 is 0 Å². The third kappa shape index (κ3) is 3.94. The lowest BCUT2D eigenvalue weighted by molar-refractivity contribution is 0.439. The van der Waals surface area contributed by atoms with Crippen LogP contribution < -0.4 is 5.32 Å². The average Bonchev–Trinajstić information content (AvgIpc) is 2.47. The van der Waals surface area contributed by atoms with Crippen LogP contribution in [0.4, 0.5) is 0 Å². The van der Waals surface area contributed by atoms with Gasteiger partial charge in [-0.3, -0.25) is 0 Å². The first-order chi connectivity index (χ1) is 9.70. The molecule has 0 aliphatic heterocycles. The molecule has 2 aromatic rings. The molecule has 0 saturated heterocycles. The second-order valence-electron chi connectivity index (χ2n) is 5.55. The van der Waals surface area contributed by atoms with E-state index in [4.69, 9.17) is 0 Å². The maximum atomic E-state index is 3.78. The molecule has 1 N–H and O–H groups in total. The van der Waals surface area contributed by atoms with Crippen LogP contribution in [0.2, 0.25) is 0 Å². The molecule has 0 amide bonds. The van der Waals surface area contributed by atoms with E-state index in [0.29, 0.717) is 12.1 Å². The monoisotopic (exact) mass is 267 g/mol. The van der Waals surface area contributed by atoms with Gasteiger partial charge in [-0.15, -0.1) is 0 Å². The lowest BCUT2D eigenvalue weighted by Gasteiger charge is -2.24. The van der Waals surface area contributed by atoms with Gasteiger partial charge >= 0.3 is 0 Å². The molecule has 2 aromatic carbocycles. The molecule has 20 heavy (non-hydrogen) atoms. The number of hydrogen-bond donors (Lipinski definition) is 1. The zero-order chi connectivity index (χ0) is 14.4. The molecular formula is C19H25N. The van der Waals surface area contributed by atoms with Gasteiger partial charge in [-0.1, -0.05) is 73.5 Å². The fourth-order valence-electron chi connectivity index (χ4n) is 2.66. The summed E-state index contributed by atoms with van der Waals surface area (Å²) < 4.78 is 0. The van der Waals surface area contributed by atoms with Crippen LogP contribution >= 0.6 is 0 Å². The molecule has 2 atom stereocenters. The normalized spacial score (nSPS) is 13.9.